The number of aromatic nitrogens is 3. The van der Waals surface area contributed by atoms with Crippen molar-refractivity contribution in [3.05, 3.63) is 64.7 Å². The van der Waals surface area contributed by atoms with Crippen LogP contribution in [0.5, 0.6) is 17.2 Å². The summed E-state index contributed by atoms with van der Waals surface area (Å²) in [7, 11) is 1.49. The molecule has 1 N–H and O–H groups in total. The van der Waals surface area contributed by atoms with Crippen LogP contribution in [-0.2, 0) is 11.4 Å². The minimum absolute atomic E-state index is 0.198. The molecule has 144 valence electrons. The number of aromatic amines is 1. The predicted octanol–water partition coefficient (Wildman–Crippen LogP) is 3.34. The molecule has 2 aromatic carbocycles. The zero-order valence-corrected chi connectivity index (χ0v) is 16.1. The van der Waals surface area contributed by atoms with E-state index in [1.165, 1.54) is 18.7 Å². The van der Waals surface area contributed by atoms with Crippen LogP contribution in [0.25, 0.3) is 0 Å². The third-order valence-electron chi connectivity index (χ3n) is 3.59. The Labute approximate surface area is 166 Å². The number of H-pyrrole nitrogens is 1. The SMILES string of the molecule is COc1cc(/C=N/n2c(COc3ccccc3)n[nH]c2=S)ccc1OC(C)=O. The number of benzene rings is 2. The maximum absolute atomic E-state index is 11.1. The number of carbonyl (C=O) groups excluding carboxylic acids is 1. The number of rotatable bonds is 7. The fourth-order valence-corrected chi connectivity index (χ4v) is 2.53. The third kappa shape index (κ3) is 4.83. The summed E-state index contributed by atoms with van der Waals surface area (Å²) in [4.78, 5) is 11.1. The molecular formula is C19H18N4O4S. The standard InChI is InChI=1S/C19H18N4O4S/c1-13(24)27-16-9-8-14(10-17(16)25-2)11-20-23-18(21-22-19(23)28)12-26-15-6-4-3-5-7-15/h3-11H,12H2,1-2H3,(H,22,28)/b20-11+. The van der Waals surface area contributed by atoms with Gasteiger partial charge in [-0.05, 0) is 48.1 Å². The topological polar surface area (TPSA) is 90.7 Å². The molecular weight excluding hydrogens is 380 g/mol. The van der Waals surface area contributed by atoms with Gasteiger partial charge in [0.15, 0.2) is 17.3 Å². The Hall–Kier alpha value is -3.46. The van der Waals surface area contributed by atoms with Crippen molar-refractivity contribution in [1.29, 1.82) is 0 Å². The number of nitrogens with one attached hydrogen (secondary N) is 1. The van der Waals surface area contributed by atoms with Crippen molar-refractivity contribution in [3.8, 4) is 17.2 Å². The molecule has 3 aromatic rings. The fraction of sp³-hybridized carbons (Fsp3) is 0.158. The van der Waals surface area contributed by atoms with Gasteiger partial charge in [0.1, 0.15) is 12.4 Å². The highest BCUT2D eigenvalue weighted by atomic mass is 32.1. The Balaban J connectivity index is 1.78. The minimum atomic E-state index is -0.424. The van der Waals surface area contributed by atoms with Gasteiger partial charge < -0.3 is 14.2 Å². The van der Waals surface area contributed by atoms with E-state index in [4.69, 9.17) is 26.4 Å². The van der Waals surface area contributed by atoms with Crippen molar-refractivity contribution in [1.82, 2.24) is 14.9 Å². The summed E-state index contributed by atoms with van der Waals surface area (Å²) >= 11 is 5.23. The number of methoxy groups -OCH3 is 1. The number of esters is 1. The molecule has 8 nitrogen and oxygen atoms in total. The molecule has 0 saturated heterocycles. The van der Waals surface area contributed by atoms with Gasteiger partial charge in [0, 0.05) is 6.92 Å². The molecule has 0 radical (unpaired) electrons. The van der Waals surface area contributed by atoms with Crippen LogP contribution in [-0.4, -0.2) is 34.2 Å². The van der Waals surface area contributed by atoms with Gasteiger partial charge in [-0.15, -0.1) is 0 Å². The van der Waals surface area contributed by atoms with Gasteiger partial charge in [-0.2, -0.15) is 14.9 Å². The summed E-state index contributed by atoms with van der Waals surface area (Å²) in [6, 6.07) is 14.5. The molecule has 0 atom stereocenters. The van der Waals surface area contributed by atoms with Crippen LogP contribution in [0.3, 0.4) is 0 Å². The molecule has 1 aromatic heterocycles. The first-order valence-electron chi connectivity index (χ1n) is 8.32. The van der Waals surface area contributed by atoms with E-state index in [0.717, 1.165) is 11.3 Å². The van der Waals surface area contributed by atoms with Crippen LogP contribution in [0.4, 0.5) is 0 Å². The van der Waals surface area contributed by atoms with Crippen LogP contribution in [0, 0.1) is 4.77 Å². The number of ether oxygens (including phenoxy) is 3. The van der Waals surface area contributed by atoms with Gasteiger partial charge in [0.2, 0.25) is 4.77 Å². The highest BCUT2D eigenvalue weighted by Crippen LogP contribution is 2.27. The number of hydrogen-bond donors (Lipinski definition) is 1. The number of hydrogen-bond acceptors (Lipinski definition) is 7. The third-order valence-corrected chi connectivity index (χ3v) is 3.86. The van der Waals surface area contributed by atoms with E-state index in [1.54, 1.807) is 24.4 Å². The van der Waals surface area contributed by atoms with Crippen LogP contribution in [0.15, 0.2) is 53.6 Å². The average Bonchev–Trinajstić information content (AvgIpc) is 3.05. The zero-order chi connectivity index (χ0) is 19.9. The van der Waals surface area contributed by atoms with Crippen LogP contribution < -0.4 is 14.2 Å². The molecule has 9 heteroatoms. The lowest BCUT2D eigenvalue weighted by Gasteiger charge is -2.08. The summed E-state index contributed by atoms with van der Waals surface area (Å²) in [5, 5.41) is 11.2. The van der Waals surface area contributed by atoms with Crippen molar-refractivity contribution in [2.75, 3.05) is 7.11 Å². The van der Waals surface area contributed by atoms with Crippen LogP contribution in [0.1, 0.15) is 18.3 Å². The summed E-state index contributed by atoms with van der Waals surface area (Å²) in [5.41, 5.74) is 0.728. The molecule has 0 amide bonds. The molecule has 3 rings (SSSR count). The van der Waals surface area contributed by atoms with E-state index in [2.05, 4.69) is 15.3 Å². The van der Waals surface area contributed by atoms with Crippen molar-refractivity contribution < 1.29 is 19.0 Å². The number of para-hydroxylation sites is 1. The minimum Gasteiger partial charge on any atom is -0.493 e. The molecule has 28 heavy (non-hydrogen) atoms. The monoisotopic (exact) mass is 398 g/mol. The Bertz CT molecular complexity index is 1040. The molecule has 1 heterocycles. The summed E-state index contributed by atoms with van der Waals surface area (Å²) in [5.74, 6) is 1.57. The number of nitrogens with zero attached hydrogens (tertiary/aromatic N) is 3. The van der Waals surface area contributed by atoms with E-state index < -0.39 is 5.97 Å². The van der Waals surface area contributed by atoms with Gasteiger partial charge in [-0.3, -0.25) is 4.79 Å². The molecule has 0 aliphatic carbocycles. The highest BCUT2D eigenvalue weighted by molar-refractivity contribution is 7.71. The first-order chi connectivity index (χ1) is 13.6. The Kier molecular flexibility index (Phi) is 6.18. The molecule has 0 fully saturated rings. The lowest BCUT2D eigenvalue weighted by Crippen LogP contribution is -2.05. The van der Waals surface area contributed by atoms with E-state index in [-0.39, 0.29) is 6.61 Å². The smallest absolute Gasteiger partial charge is 0.308 e. The maximum Gasteiger partial charge on any atom is 0.308 e. The second-order valence-corrected chi connectivity index (χ2v) is 5.99. The first-order valence-corrected chi connectivity index (χ1v) is 8.72. The molecule has 0 unspecified atom stereocenters. The first kappa shape index (κ1) is 19.3. The van der Waals surface area contributed by atoms with Crippen molar-refractivity contribution in [3.63, 3.8) is 0 Å². The highest BCUT2D eigenvalue weighted by Gasteiger charge is 2.09. The van der Waals surface area contributed by atoms with Crippen molar-refractivity contribution in [2.45, 2.75) is 13.5 Å². The van der Waals surface area contributed by atoms with Gasteiger partial charge in [-0.25, -0.2) is 5.10 Å². The van der Waals surface area contributed by atoms with E-state index in [1.807, 2.05) is 30.3 Å². The molecule has 0 saturated carbocycles. The van der Waals surface area contributed by atoms with Gasteiger partial charge in [0.05, 0.1) is 13.3 Å². The lowest BCUT2D eigenvalue weighted by atomic mass is 10.2. The van der Waals surface area contributed by atoms with E-state index >= 15 is 0 Å². The fourth-order valence-electron chi connectivity index (χ4n) is 2.33. The maximum atomic E-state index is 11.1. The normalized spacial score (nSPS) is 10.8. The second kappa shape index (κ2) is 8.96. The Morgan fingerprint density at radius 1 is 1.25 bits per heavy atom. The van der Waals surface area contributed by atoms with Gasteiger partial charge >= 0.3 is 5.97 Å². The second-order valence-electron chi connectivity index (χ2n) is 5.61. The summed E-state index contributed by atoms with van der Waals surface area (Å²) < 4.78 is 17.9. The molecule has 0 aliphatic heterocycles. The van der Waals surface area contributed by atoms with E-state index in [9.17, 15) is 4.79 Å². The average molecular weight is 398 g/mol. The zero-order valence-electron chi connectivity index (χ0n) is 15.3. The van der Waals surface area contributed by atoms with Crippen molar-refractivity contribution >= 4 is 24.4 Å². The quantitative estimate of drug-likeness (QED) is 0.284. The van der Waals surface area contributed by atoms with Gasteiger partial charge in [-0.1, -0.05) is 18.2 Å². The van der Waals surface area contributed by atoms with Gasteiger partial charge in [0.25, 0.3) is 0 Å². The van der Waals surface area contributed by atoms with Crippen LogP contribution in [0.2, 0.25) is 0 Å². The lowest BCUT2D eigenvalue weighted by molar-refractivity contribution is -0.132. The molecule has 0 aliphatic rings. The van der Waals surface area contributed by atoms with Crippen molar-refractivity contribution in [2.24, 2.45) is 5.10 Å². The Morgan fingerprint density at radius 2 is 2.04 bits per heavy atom. The summed E-state index contributed by atoms with van der Waals surface area (Å²) in [6.07, 6.45) is 1.59. The largest absolute Gasteiger partial charge is 0.493 e. The van der Waals surface area contributed by atoms with Crippen LogP contribution >= 0.6 is 12.2 Å². The molecule has 0 bridgehead atoms. The summed E-state index contributed by atoms with van der Waals surface area (Å²) in [6.45, 7) is 1.53. The van der Waals surface area contributed by atoms with E-state index in [0.29, 0.717) is 22.1 Å². The number of carbonyl (C=O) groups is 1. The Morgan fingerprint density at radius 3 is 2.75 bits per heavy atom. The predicted molar refractivity (Wildman–Crippen MR) is 105 cm³/mol. The molecule has 0 spiro atoms.